The number of hydrogen-bond donors (Lipinski definition) is 1. The van der Waals surface area contributed by atoms with Crippen molar-refractivity contribution in [2.75, 3.05) is 10.8 Å². The molecule has 0 heterocycles. The van der Waals surface area contributed by atoms with Crippen molar-refractivity contribution in [3.63, 3.8) is 0 Å². The van der Waals surface area contributed by atoms with Gasteiger partial charge in [-0.15, -0.1) is 0 Å². The maximum atomic E-state index is 14.0. The van der Waals surface area contributed by atoms with E-state index in [4.69, 9.17) is 0 Å². The van der Waals surface area contributed by atoms with Crippen LogP contribution in [-0.2, 0) is 32.6 Å². The molecule has 1 N–H and O–H groups in total. The van der Waals surface area contributed by atoms with Crippen LogP contribution in [0, 0.1) is 5.82 Å². The van der Waals surface area contributed by atoms with Crippen molar-refractivity contribution in [1.82, 2.24) is 10.2 Å². The topological polar surface area (TPSA) is 86.8 Å². The summed E-state index contributed by atoms with van der Waals surface area (Å²) in [6, 6.07) is 19.7. The molecule has 39 heavy (non-hydrogen) atoms. The van der Waals surface area contributed by atoms with Gasteiger partial charge in [0, 0.05) is 12.1 Å². The first-order valence-electron chi connectivity index (χ1n) is 12.8. The lowest BCUT2D eigenvalue weighted by molar-refractivity contribution is -0.140. The molecule has 0 aliphatic heterocycles. The zero-order valence-electron chi connectivity index (χ0n) is 23.0. The summed E-state index contributed by atoms with van der Waals surface area (Å²) in [4.78, 5) is 28.5. The molecule has 3 aromatic carbocycles. The van der Waals surface area contributed by atoms with E-state index in [0.29, 0.717) is 17.7 Å². The molecule has 3 aromatic rings. The number of rotatable bonds is 10. The predicted octanol–water partition coefficient (Wildman–Crippen LogP) is 4.92. The van der Waals surface area contributed by atoms with Gasteiger partial charge in [-0.1, -0.05) is 55.5 Å². The summed E-state index contributed by atoms with van der Waals surface area (Å²) < 4.78 is 42.4. The van der Waals surface area contributed by atoms with Crippen LogP contribution in [-0.4, -0.2) is 43.3 Å². The number of anilines is 1. The number of nitrogens with zero attached hydrogens (tertiary/aromatic N) is 2. The molecule has 1 unspecified atom stereocenters. The Balaban J connectivity index is 2.06. The number of benzene rings is 3. The highest BCUT2D eigenvalue weighted by atomic mass is 32.2. The maximum absolute atomic E-state index is 14.0. The van der Waals surface area contributed by atoms with E-state index < -0.39 is 39.9 Å². The third-order valence-electron chi connectivity index (χ3n) is 6.18. The van der Waals surface area contributed by atoms with Crippen LogP contribution in [0.15, 0.2) is 83.8 Å². The highest BCUT2D eigenvalue weighted by Gasteiger charge is 2.34. The Morgan fingerprint density at radius 3 is 2.10 bits per heavy atom. The van der Waals surface area contributed by atoms with Gasteiger partial charge in [0.05, 0.1) is 10.6 Å². The quantitative estimate of drug-likeness (QED) is 0.386. The summed E-state index contributed by atoms with van der Waals surface area (Å²) in [5, 5.41) is 2.88. The second kappa shape index (κ2) is 12.4. The van der Waals surface area contributed by atoms with Gasteiger partial charge < -0.3 is 10.2 Å². The van der Waals surface area contributed by atoms with Gasteiger partial charge in [-0.3, -0.25) is 13.9 Å². The summed E-state index contributed by atoms with van der Waals surface area (Å²) >= 11 is 0. The molecule has 7 nitrogen and oxygen atoms in total. The normalized spacial score (nSPS) is 12.5. The van der Waals surface area contributed by atoms with Crippen molar-refractivity contribution in [3.05, 3.63) is 95.8 Å². The Labute approximate surface area is 230 Å². The number of halogens is 1. The fourth-order valence-electron chi connectivity index (χ4n) is 4.13. The van der Waals surface area contributed by atoms with E-state index in [1.54, 1.807) is 37.3 Å². The van der Waals surface area contributed by atoms with E-state index in [9.17, 15) is 22.4 Å². The van der Waals surface area contributed by atoms with Crippen molar-refractivity contribution >= 4 is 27.5 Å². The molecular weight excluding hydrogens is 517 g/mol. The number of hydrogen-bond acceptors (Lipinski definition) is 4. The van der Waals surface area contributed by atoms with E-state index >= 15 is 0 Å². The molecule has 208 valence electrons. The smallest absolute Gasteiger partial charge is 0.264 e. The van der Waals surface area contributed by atoms with Crippen LogP contribution in [0.2, 0.25) is 0 Å². The van der Waals surface area contributed by atoms with Crippen molar-refractivity contribution in [1.29, 1.82) is 0 Å². The Morgan fingerprint density at radius 1 is 0.923 bits per heavy atom. The Morgan fingerprint density at radius 2 is 1.51 bits per heavy atom. The molecule has 0 aliphatic carbocycles. The molecule has 0 aliphatic rings. The van der Waals surface area contributed by atoms with Crippen molar-refractivity contribution in [2.45, 2.75) is 64.1 Å². The summed E-state index contributed by atoms with van der Waals surface area (Å²) in [5.74, 6) is -1.38. The molecule has 2 amide bonds. The first-order chi connectivity index (χ1) is 18.3. The fourth-order valence-corrected chi connectivity index (χ4v) is 5.60. The Kier molecular flexibility index (Phi) is 9.50. The average Bonchev–Trinajstić information content (AvgIpc) is 2.90. The molecule has 0 spiro atoms. The van der Waals surface area contributed by atoms with Crippen LogP contribution in [0.25, 0.3) is 0 Å². The third-order valence-corrected chi connectivity index (χ3v) is 7.96. The molecular formula is C30H36FN3O4S. The second-order valence-corrected chi connectivity index (χ2v) is 12.2. The maximum Gasteiger partial charge on any atom is 0.264 e. The van der Waals surface area contributed by atoms with Crippen molar-refractivity contribution in [3.8, 4) is 0 Å². The number of amides is 2. The Bertz CT molecular complexity index is 1390. The lowest BCUT2D eigenvalue weighted by atomic mass is 10.1. The van der Waals surface area contributed by atoms with E-state index in [0.717, 1.165) is 9.87 Å². The minimum atomic E-state index is -4.13. The van der Waals surface area contributed by atoms with E-state index in [1.807, 2.05) is 39.8 Å². The zero-order valence-corrected chi connectivity index (χ0v) is 23.8. The van der Waals surface area contributed by atoms with Gasteiger partial charge in [-0.25, -0.2) is 12.8 Å². The third kappa shape index (κ3) is 7.66. The van der Waals surface area contributed by atoms with Crippen LogP contribution < -0.4 is 9.62 Å². The van der Waals surface area contributed by atoms with E-state index in [2.05, 4.69) is 5.32 Å². The number of aryl methyl sites for hydroxylation is 1. The van der Waals surface area contributed by atoms with Crippen LogP contribution in [0.4, 0.5) is 10.1 Å². The van der Waals surface area contributed by atoms with Crippen molar-refractivity contribution < 1.29 is 22.4 Å². The molecule has 3 rings (SSSR count). The number of carbonyl (C=O) groups is 2. The minimum Gasteiger partial charge on any atom is -0.350 e. The van der Waals surface area contributed by atoms with Gasteiger partial charge in [-0.2, -0.15) is 0 Å². The number of para-hydroxylation sites is 1. The van der Waals surface area contributed by atoms with Gasteiger partial charge in [0.25, 0.3) is 10.0 Å². The van der Waals surface area contributed by atoms with Gasteiger partial charge >= 0.3 is 0 Å². The Hall–Kier alpha value is -3.72. The molecule has 0 bridgehead atoms. The average molecular weight is 554 g/mol. The van der Waals surface area contributed by atoms with Gasteiger partial charge in [0.15, 0.2) is 0 Å². The van der Waals surface area contributed by atoms with Crippen LogP contribution in [0.1, 0.15) is 45.7 Å². The predicted molar refractivity (Wildman–Crippen MR) is 151 cm³/mol. The van der Waals surface area contributed by atoms with Crippen molar-refractivity contribution in [2.24, 2.45) is 0 Å². The molecule has 0 aromatic heterocycles. The molecule has 1 atom stereocenters. The SMILES string of the molecule is CCc1ccccc1N(CC(=O)N(Cc1ccc(F)cc1)C(C)C(=O)NC(C)(C)C)S(=O)(=O)c1ccccc1. The number of carbonyl (C=O) groups excluding carboxylic acids is 2. The number of sulfonamides is 1. The standard InChI is InChI=1S/C30H36FN3O4S/c1-6-24-12-10-11-15-27(24)34(39(37,38)26-13-8-7-9-14-26)21-28(35)33(20-23-16-18-25(31)19-17-23)22(2)29(36)32-30(3,4)5/h7-19,22H,6,20-21H2,1-5H3,(H,32,36). The highest BCUT2D eigenvalue weighted by Crippen LogP contribution is 2.28. The summed E-state index contributed by atoms with van der Waals surface area (Å²) in [6.07, 6.45) is 0.550. The highest BCUT2D eigenvalue weighted by molar-refractivity contribution is 7.92. The summed E-state index contributed by atoms with van der Waals surface area (Å²) in [5.41, 5.74) is 1.21. The molecule has 9 heteroatoms. The molecule has 0 radical (unpaired) electrons. The minimum absolute atomic E-state index is 0.00745. The summed E-state index contributed by atoms with van der Waals surface area (Å²) in [6.45, 7) is 8.47. The van der Waals surface area contributed by atoms with Gasteiger partial charge in [0.1, 0.15) is 18.4 Å². The second-order valence-electron chi connectivity index (χ2n) is 10.4. The largest absolute Gasteiger partial charge is 0.350 e. The molecule has 0 saturated carbocycles. The van der Waals surface area contributed by atoms with Crippen LogP contribution in [0.5, 0.6) is 0 Å². The van der Waals surface area contributed by atoms with Gasteiger partial charge in [-0.05, 0) is 75.6 Å². The molecule has 0 fully saturated rings. The fraction of sp³-hybridized carbons (Fsp3) is 0.333. The van der Waals surface area contributed by atoms with Crippen LogP contribution in [0.3, 0.4) is 0 Å². The lowest BCUT2D eigenvalue weighted by Crippen LogP contribution is -2.54. The first kappa shape index (κ1) is 29.8. The van der Waals surface area contributed by atoms with Crippen LogP contribution >= 0.6 is 0 Å². The van der Waals surface area contributed by atoms with Gasteiger partial charge in [0.2, 0.25) is 11.8 Å². The zero-order chi connectivity index (χ0) is 28.8. The van der Waals surface area contributed by atoms with E-state index in [-0.39, 0.29) is 17.3 Å². The summed E-state index contributed by atoms with van der Waals surface area (Å²) in [7, 11) is -4.13. The molecule has 0 saturated heterocycles. The lowest BCUT2D eigenvalue weighted by Gasteiger charge is -2.34. The first-order valence-corrected chi connectivity index (χ1v) is 14.3. The van der Waals surface area contributed by atoms with E-state index in [1.165, 1.54) is 41.3 Å². The number of nitrogens with one attached hydrogen (secondary N) is 1. The monoisotopic (exact) mass is 553 g/mol.